The predicted octanol–water partition coefficient (Wildman–Crippen LogP) is 5.57. The average Bonchev–Trinajstić information content (AvgIpc) is 3.13. The number of pyridine rings is 1. The summed E-state index contributed by atoms with van der Waals surface area (Å²) in [5.74, 6) is -0.896. The zero-order valence-electron chi connectivity index (χ0n) is 16.2. The lowest BCUT2D eigenvalue weighted by Crippen LogP contribution is -2.30. The average molecular weight is 522 g/mol. The number of nitrogens with zero attached hydrogens (tertiary/aromatic N) is 4. The number of rotatable bonds is 6. The van der Waals surface area contributed by atoms with Crippen LogP contribution in [0.5, 0.6) is 0 Å². The number of anilines is 4. The van der Waals surface area contributed by atoms with E-state index in [4.69, 9.17) is 0 Å². The first-order chi connectivity index (χ1) is 14.5. The molecule has 0 unspecified atom stereocenters. The number of halogens is 3. The summed E-state index contributed by atoms with van der Waals surface area (Å²) in [6, 6.07) is 7.91. The van der Waals surface area contributed by atoms with Crippen molar-refractivity contribution in [2.75, 3.05) is 28.6 Å². The van der Waals surface area contributed by atoms with Crippen molar-refractivity contribution in [2.24, 2.45) is 0 Å². The van der Waals surface area contributed by atoms with Crippen molar-refractivity contribution in [3.63, 3.8) is 0 Å². The molecule has 2 aromatic heterocycles. The molecular weight excluding hydrogens is 501 g/mol. The minimum atomic E-state index is -0.944. The molecule has 3 heterocycles. The monoisotopic (exact) mass is 522 g/mol. The van der Waals surface area contributed by atoms with Gasteiger partial charge in [-0.15, -0.1) is 0 Å². The van der Waals surface area contributed by atoms with E-state index in [0.717, 1.165) is 30.7 Å². The SMILES string of the molecule is C=C(Nc1ccc(N2CCCCC2)nc1)c1nn(I)cc1Nc1cccc(F)c1F. The molecule has 2 N–H and O–H groups in total. The van der Waals surface area contributed by atoms with Crippen LogP contribution >= 0.6 is 22.9 Å². The van der Waals surface area contributed by atoms with Crippen LogP contribution in [0.4, 0.5) is 31.7 Å². The van der Waals surface area contributed by atoms with Crippen molar-refractivity contribution in [1.82, 2.24) is 13.0 Å². The van der Waals surface area contributed by atoms with Crippen LogP contribution in [0.25, 0.3) is 5.70 Å². The summed E-state index contributed by atoms with van der Waals surface area (Å²) in [6.45, 7) is 6.12. The molecule has 156 valence electrons. The van der Waals surface area contributed by atoms with Gasteiger partial charge in [-0.25, -0.2) is 16.7 Å². The summed E-state index contributed by atoms with van der Waals surface area (Å²) in [5, 5.41) is 10.5. The van der Waals surface area contributed by atoms with Crippen LogP contribution < -0.4 is 15.5 Å². The fourth-order valence-electron chi connectivity index (χ4n) is 3.41. The molecule has 0 bridgehead atoms. The third kappa shape index (κ3) is 4.55. The quantitative estimate of drug-likeness (QED) is 0.415. The highest BCUT2D eigenvalue weighted by Crippen LogP contribution is 2.29. The van der Waals surface area contributed by atoms with Crippen molar-refractivity contribution < 1.29 is 8.78 Å². The first kappa shape index (κ1) is 20.6. The third-order valence-corrected chi connectivity index (χ3v) is 5.41. The molecule has 0 saturated carbocycles. The van der Waals surface area contributed by atoms with Gasteiger partial charge >= 0.3 is 0 Å². The number of nitrogens with one attached hydrogen (secondary N) is 2. The normalized spacial score (nSPS) is 13.9. The summed E-state index contributed by atoms with van der Waals surface area (Å²) in [5.41, 5.74) is 2.31. The lowest BCUT2D eigenvalue weighted by Gasteiger charge is -2.27. The number of hydrogen-bond acceptors (Lipinski definition) is 5. The van der Waals surface area contributed by atoms with E-state index in [-0.39, 0.29) is 5.69 Å². The largest absolute Gasteiger partial charge is 0.357 e. The van der Waals surface area contributed by atoms with Crippen LogP contribution in [0.3, 0.4) is 0 Å². The molecule has 30 heavy (non-hydrogen) atoms. The zero-order chi connectivity index (χ0) is 21.1. The van der Waals surface area contributed by atoms with Crippen LogP contribution in [0, 0.1) is 11.6 Å². The molecule has 0 amide bonds. The maximum atomic E-state index is 14.0. The van der Waals surface area contributed by atoms with Gasteiger partial charge in [0.15, 0.2) is 11.6 Å². The van der Waals surface area contributed by atoms with E-state index in [9.17, 15) is 8.78 Å². The molecule has 0 radical (unpaired) electrons. The van der Waals surface area contributed by atoms with Crippen molar-refractivity contribution in [2.45, 2.75) is 19.3 Å². The van der Waals surface area contributed by atoms with E-state index in [2.05, 4.69) is 32.2 Å². The lowest BCUT2D eigenvalue weighted by molar-refractivity contribution is 0.512. The highest BCUT2D eigenvalue weighted by Gasteiger charge is 2.16. The summed E-state index contributed by atoms with van der Waals surface area (Å²) in [7, 11) is 0. The van der Waals surface area contributed by atoms with Gasteiger partial charge in [-0.2, -0.15) is 5.10 Å². The second-order valence-electron chi connectivity index (χ2n) is 7.06. The van der Waals surface area contributed by atoms with E-state index in [0.29, 0.717) is 17.1 Å². The molecule has 1 aliphatic heterocycles. The van der Waals surface area contributed by atoms with Crippen molar-refractivity contribution in [3.8, 4) is 0 Å². The molecule has 4 rings (SSSR count). The van der Waals surface area contributed by atoms with Crippen LogP contribution in [0.2, 0.25) is 0 Å². The molecule has 9 heteroatoms. The molecular formula is C21H21F2IN6. The molecule has 1 aliphatic rings. The van der Waals surface area contributed by atoms with Gasteiger partial charge < -0.3 is 15.5 Å². The Bertz CT molecular complexity index is 1040. The Morgan fingerprint density at radius 3 is 2.60 bits per heavy atom. The minimum Gasteiger partial charge on any atom is -0.357 e. The fraction of sp³-hybridized carbons (Fsp3) is 0.238. The Morgan fingerprint density at radius 1 is 1.07 bits per heavy atom. The van der Waals surface area contributed by atoms with Crippen LogP contribution in [-0.4, -0.2) is 26.1 Å². The number of benzene rings is 1. The summed E-state index contributed by atoms with van der Waals surface area (Å²) < 4.78 is 29.1. The maximum Gasteiger partial charge on any atom is 0.182 e. The van der Waals surface area contributed by atoms with Gasteiger partial charge in [-0.1, -0.05) is 12.6 Å². The topological polar surface area (TPSA) is 58.0 Å². The third-order valence-electron chi connectivity index (χ3n) is 4.92. The van der Waals surface area contributed by atoms with Crippen LogP contribution in [0.15, 0.2) is 49.3 Å². The van der Waals surface area contributed by atoms with E-state index in [1.165, 1.54) is 31.4 Å². The Balaban J connectivity index is 1.49. The Kier molecular flexibility index (Phi) is 6.16. The van der Waals surface area contributed by atoms with Gasteiger partial charge in [-0.3, -0.25) is 0 Å². The number of hydrogen-bond donors (Lipinski definition) is 2. The van der Waals surface area contributed by atoms with Crippen LogP contribution in [0.1, 0.15) is 25.0 Å². The first-order valence-electron chi connectivity index (χ1n) is 9.65. The summed E-state index contributed by atoms with van der Waals surface area (Å²) >= 11 is 1.99. The summed E-state index contributed by atoms with van der Waals surface area (Å²) in [6.07, 6.45) is 7.09. The van der Waals surface area contributed by atoms with Crippen molar-refractivity contribution >= 4 is 51.4 Å². The van der Waals surface area contributed by atoms with Crippen LogP contribution in [-0.2, 0) is 0 Å². The minimum absolute atomic E-state index is 0.0287. The molecule has 1 saturated heterocycles. The molecule has 3 aromatic rings. The predicted molar refractivity (Wildman–Crippen MR) is 124 cm³/mol. The molecule has 1 fully saturated rings. The van der Waals surface area contributed by atoms with Gasteiger partial charge in [-0.05, 0) is 43.5 Å². The Labute approximate surface area is 187 Å². The second kappa shape index (κ2) is 8.99. The van der Waals surface area contributed by atoms with Crippen molar-refractivity contribution in [1.29, 1.82) is 0 Å². The standard InChI is InChI=1S/C21H21F2IN6/c1-14(26-15-8-9-19(25-12-15)29-10-3-2-4-11-29)21-18(13-30(24)28-21)27-17-7-5-6-16(22)20(17)23/h5-9,12-13,26-27H,1-4,10-11H2. The Hall–Kier alpha value is -2.69. The number of piperidine rings is 1. The van der Waals surface area contributed by atoms with Crippen molar-refractivity contribution in [3.05, 3.63) is 66.6 Å². The molecule has 6 nitrogen and oxygen atoms in total. The van der Waals surface area contributed by atoms with E-state index < -0.39 is 11.6 Å². The van der Waals surface area contributed by atoms with Gasteiger partial charge in [0.25, 0.3) is 0 Å². The lowest BCUT2D eigenvalue weighted by atomic mass is 10.1. The van der Waals surface area contributed by atoms with E-state index in [1.54, 1.807) is 15.3 Å². The molecule has 0 spiro atoms. The highest BCUT2D eigenvalue weighted by atomic mass is 127. The maximum absolute atomic E-state index is 14.0. The highest BCUT2D eigenvalue weighted by molar-refractivity contribution is 14.1. The smallest absolute Gasteiger partial charge is 0.182 e. The van der Waals surface area contributed by atoms with Gasteiger partial charge in [0.05, 0.1) is 58.0 Å². The zero-order valence-corrected chi connectivity index (χ0v) is 18.4. The number of aromatic nitrogens is 3. The van der Waals surface area contributed by atoms with E-state index >= 15 is 0 Å². The Morgan fingerprint density at radius 2 is 1.87 bits per heavy atom. The molecule has 0 atom stereocenters. The fourth-order valence-corrected chi connectivity index (χ4v) is 3.90. The first-order valence-corrected chi connectivity index (χ1v) is 10.6. The van der Waals surface area contributed by atoms with E-state index in [1.807, 2.05) is 35.0 Å². The van der Waals surface area contributed by atoms with Gasteiger partial charge in [0, 0.05) is 13.1 Å². The molecule has 1 aromatic carbocycles. The second-order valence-corrected chi connectivity index (χ2v) is 8.05. The molecule has 0 aliphatic carbocycles. The van der Waals surface area contributed by atoms with Gasteiger partial charge in [0.1, 0.15) is 11.5 Å². The summed E-state index contributed by atoms with van der Waals surface area (Å²) in [4.78, 5) is 6.84. The van der Waals surface area contributed by atoms with Gasteiger partial charge in [0.2, 0.25) is 0 Å².